The monoisotopic (exact) mass is 540 g/mol. The molecule has 0 N–H and O–H groups in total. The van der Waals surface area contributed by atoms with Gasteiger partial charge in [-0.05, 0) is 23.7 Å². The molecule has 0 aliphatic rings. The molecule has 0 spiro atoms. The van der Waals surface area contributed by atoms with Crippen LogP contribution in [0.3, 0.4) is 0 Å². The Balaban J connectivity index is -0.0000000702. The van der Waals surface area contributed by atoms with Crippen LogP contribution < -0.4 is 20.4 Å². The van der Waals surface area contributed by atoms with Crippen molar-refractivity contribution in [3.8, 4) is 0 Å². The minimum atomic E-state index is -0.991. The Morgan fingerprint density at radius 1 is 0.440 bits per heavy atom. The maximum Gasteiger partial charge on any atom is 4.00 e. The summed E-state index contributed by atoms with van der Waals surface area (Å²) in [5, 5.41) is 38.4. The molecule has 0 bridgehead atoms. The van der Waals surface area contributed by atoms with Crippen molar-refractivity contribution in [2.45, 2.75) is 55.4 Å². The van der Waals surface area contributed by atoms with Gasteiger partial charge in [-0.25, -0.2) is 0 Å². The maximum atomic E-state index is 9.59. The number of carbonyl (C=O) groups excluding carboxylic acids is 4. The van der Waals surface area contributed by atoms with E-state index in [0.29, 0.717) is 0 Å². The topological polar surface area (TPSA) is 161 Å². The summed E-state index contributed by atoms with van der Waals surface area (Å²) in [7, 11) is 0. The molecule has 0 aliphatic heterocycles. The summed E-state index contributed by atoms with van der Waals surface area (Å²) >= 11 is 0. The van der Waals surface area contributed by atoms with Gasteiger partial charge in [0.15, 0.2) is 0 Å². The summed E-state index contributed by atoms with van der Waals surface area (Å²) in [6.07, 6.45) is 0. The molecule has 0 unspecified atom stereocenters. The average molecular weight is 539 g/mol. The van der Waals surface area contributed by atoms with Crippen molar-refractivity contribution in [2.24, 2.45) is 23.7 Å². The molecule has 0 fully saturated rings. The molecule has 0 saturated carbocycles. The van der Waals surface area contributed by atoms with E-state index in [4.69, 9.17) is 0 Å². The molecule has 0 rings (SSSR count). The second-order valence-corrected chi connectivity index (χ2v) is 5.89. The first kappa shape index (κ1) is 34.8. The Hall–Kier alpha value is -1.48. The molecule has 0 radical (unpaired) electrons. The van der Waals surface area contributed by atoms with Crippen molar-refractivity contribution < 1.29 is 59.4 Å². The minimum Gasteiger partial charge on any atom is -0.550 e. The third kappa shape index (κ3) is 45.0. The Labute approximate surface area is 162 Å². The largest absolute Gasteiger partial charge is 4.00 e. The van der Waals surface area contributed by atoms with Gasteiger partial charge in [-0.1, -0.05) is 55.4 Å². The van der Waals surface area contributed by atoms with Crippen LogP contribution in [0.25, 0.3) is 0 Å². The van der Waals surface area contributed by atoms with Gasteiger partial charge in [0.25, 0.3) is 0 Å². The number of hydrogen-bond acceptors (Lipinski definition) is 8. The van der Waals surface area contributed by atoms with Crippen LogP contribution in [-0.4, -0.2) is 23.9 Å². The van der Waals surface area contributed by atoms with Crippen LogP contribution in [0.4, 0.5) is 0 Å². The number of carboxylic acid groups (broad SMARTS) is 4. The van der Waals surface area contributed by atoms with E-state index in [1.165, 1.54) is 0 Å². The quantitative estimate of drug-likeness (QED) is 0.382. The first-order chi connectivity index (χ1) is 10.6. The second-order valence-electron chi connectivity index (χ2n) is 5.89. The van der Waals surface area contributed by atoms with Gasteiger partial charge in [0.05, 0.1) is 0 Å². The summed E-state index contributed by atoms with van der Waals surface area (Å²) in [4.78, 5) is 38.4. The molecule has 0 aliphatic carbocycles. The number of carboxylic acids is 4. The van der Waals surface area contributed by atoms with E-state index >= 15 is 0 Å². The van der Waals surface area contributed by atoms with E-state index in [9.17, 15) is 39.6 Å². The summed E-state index contributed by atoms with van der Waals surface area (Å²) in [5.74, 6) is -5.33. The summed E-state index contributed by atoms with van der Waals surface area (Å²) in [5.41, 5.74) is 0. The molecule has 0 aromatic carbocycles. The predicted octanol–water partition coefficient (Wildman–Crippen LogP) is -2.43. The zero-order chi connectivity index (χ0) is 20.6. The number of hydrogen-bond donors (Lipinski definition) is 0. The molecule has 0 amide bonds. The zero-order valence-electron chi connectivity index (χ0n) is 15.9. The van der Waals surface area contributed by atoms with Crippen molar-refractivity contribution in [3.63, 3.8) is 0 Å². The molecule has 8 nitrogen and oxygen atoms in total. The van der Waals surface area contributed by atoms with Crippen LogP contribution in [0.2, 0.25) is 0 Å². The molecule has 0 atom stereocenters. The smallest absolute Gasteiger partial charge is 0.550 e. The maximum absolute atomic E-state index is 9.59. The normalized spacial score (nSPS) is 8.80. The van der Waals surface area contributed by atoms with Crippen LogP contribution in [-0.2, 0) is 39.0 Å². The van der Waals surface area contributed by atoms with Gasteiger partial charge in [-0.3, -0.25) is 0 Å². The van der Waals surface area contributed by atoms with Gasteiger partial charge in [-0.2, -0.15) is 0 Å². The Bertz CT molecular complexity index is 304. The van der Waals surface area contributed by atoms with Crippen molar-refractivity contribution in [1.29, 1.82) is 0 Å². The standard InChI is InChI=1S/4C4H8O2.Os/c4*1-3(2)4(5)6;/h4*3H,1-2H3,(H,5,6);/q;;;;+4/p-4. The van der Waals surface area contributed by atoms with Gasteiger partial charge >= 0.3 is 19.8 Å². The number of carbonyl (C=O) groups is 4. The van der Waals surface area contributed by atoms with Gasteiger partial charge in [0, 0.05) is 23.9 Å². The van der Waals surface area contributed by atoms with Crippen LogP contribution in [0.15, 0.2) is 0 Å². The van der Waals surface area contributed by atoms with Crippen molar-refractivity contribution in [2.75, 3.05) is 0 Å². The van der Waals surface area contributed by atoms with Crippen LogP contribution in [0, 0.1) is 23.7 Å². The van der Waals surface area contributed by atoms with E-state index in [1.807, 2.05) is 0 Å². The molecular weight excluding hydrogens is 510 g/mol. The van der Waals surface area contributed by atoms with Crippen molar-refractivity contribution in [1.82, 2.24) is 0 Å². The van der Waals surface area contributed by atoms with Gasteiger partial charge in [0.2, 0.25) is 0 Å². The Morgan fingerprint density at radius 3 is 0.480 bits per heavy atom. The van der Waals surface area contributed by atoms with E-state index in [0.717, 1.165) is 0 Å². The van der Waals surface area contributed by atoms with E-state index in [1.54, 1.807) is 55.4 Å². The Morgan fingerprint density at radius 2 is 0.480 bits per heavy atom. The predicted molar refractivity (Wildman–Crippen MR) is 79.4 cm³/mol. The van der Waals surface area contributed by atoms with Crippen molar-refractivity contribution in [3.05, 3.63) is 0 Å². The first-order valence-electron chi connectivity index (χ1n) is 7.41. The van der Waals surface area contributed by atoms with Crippen molar-refractivity contribution >= 4 is 23.9 Å². The fourth-order valence-corrected chi connectivity index (χ4v) is 0. The fraction of sp³-hybridized carbons (Fsp3) is 0.750. The number of rotatable bonds is 4. The summed E-state index contributed by atoms with van der Waals surface area (Å²) < 4.78 is 0. The molecule has 0 aromatic rings. The van der Waals surface area contributed by atoms with E-state index in [-0.39, 0.29) is 43.5 Å². The number of aliphatic carboxylic acids is 4. The van der Waals surface area contributed by atoms with Gasteiger partial charge < -0.3 is 39.6 Å². The first-order valence-corrected chi connectivity index (χ1v) is 7.41. The summed E-state index contributed by atoms with van der Waals surface area (Å²) in [6.45, 7) is 12.6. The Kier molecular flexibility index (Phi) is 28.6. The molecule has 148 valence electrons. The molecule has 0 heterocycles. The fourth-order valence-electron chi connectivity index (χ4n) is 0. The average Bonchev–Trinajstić information content (AvgIpc) is 2.40. The minimum absolute atomic E-state index is 0. The van der Waals surface area contributed by atoms with Crippen LogP contribution >= 0.6 is 0 Å². The molecular formula is C16H28O8Os. The third-order valence-corrected chi connectivity index (χ3v) is 1.89. The molecule has 0 aromatic heterocycles. The molecule has 0 saturated heterocycles. The van der Waals surface area contributed by atoms with Crippen LogP contribution in [0.5, 0.6) is 0 Å². The SMILES string of the molecule is CC(C)C(=O)[O-].CC(C)C(=O)[O-].CC(C)C(=O)[O-].CC(C)C(=O)[O-].[Os+4]. The molecule has 9 heteroatoms. The van der Waals surface area contributed by atoms with E-state index in [2.05, 4.69) is 0 Å². The zero-order valence-corrected chi connectivity index (χ0v) is 18.5. The van der Waals surface area contributed by atoms with E-state index < -0.39 is 23.9 Å². The molecule has 25 heavy (non-hydrogen) atoms. The van der Waals surface area contributed by atoms with Crippen LogP contribution in [0.1, 0.15) is 55.4 Å². The van der Waals surface area contributed by atoms with Gasteiger partial charge in [0.1, 0.15) is 0 Å². The second kappa shape index (κ2) is 20.6. The summed E-state index contributed by atoms with van der Waals surface area (Å²) in [6, 6.07) is 0. The van der Waals surface area contributed by atoms with Gasteiger partial charge in [-0.15, -0.1) is 0 Å². The third-order valence-electron chi connectivity index (χ3n) is 1.89.